The Bertz CT molecular complexity index is 1080. The van der Waals surface area contributed by atoms with Crippen molar-refractivity contribution >= 4 is 40.7 Å². The molecule has 6 heteroatoms. The second-order valence-electron chi connectivity index (χ2n) is 8.14. The van der Waals surface area contributed by atoms with Gasteiger partial charge in [-0.15, -0.1) is 12.4 Å². The minimum atomic E-state index is 0. The fourth-order valence-electron chi connectivity index (χ4n) is 3.99. The van der Waals surface area contributed by atoms with Gasteiger partial charge in [-0.05, 0) is 82.3 Å². The molecule has 1 atom stereocenters. The van der Waals surface area contributed by atoms with E-state index in [-0.39, 0.29) is 24.4 Å². The quantitative estimate of drug-likeness (QED) is 0.582. The van der Waals surface area contributed by atoms with Gasteiger partial charge in [0, 0.05) is 35.6 Å². The lowest BCUT2D eigenvalue weighted by Gasteiger charge is -2.34. The van der Waals surface area contributed by atoms with Crippen LogP contribution in [-0.2, 0) is 0 Å². The van der Waals surface area contributed by atoms with Crippen LogP contribution in [0.1, 0.15) is 53.4 Å². The number of aromatic nitrogens is 2. The zero-order valence-electron chi connectivity index (χ0n) is 18.0. The van der Waals surface area contributed by atoms with Crippen LogP contribution >= 0.6 is 12.4 Å². The molecule has 1 aliphatic heterocycles. The number of hydrogen-bond acceptors (Lipinski definition) is 4. The molecule has 0 radical (unpaired) electrons. The first-order chi connectivity index (χ1) is 13.9. The van der Waals surface area contributed by atoms with E-state index in [1.54, 1.807) is 6.20 Å². The Hall–Kier alpha value is -2.66. The van der Waals surface area contributed by atoms with Gasteiger partial charge < -0.3 is 10.2 Å². The topological polar surface area (TPSA) is 58.1 Å². The summed E-state index contributed by atoms with van der Waals surface area (Å²) in [6.07, 6.45) is 4.96. The van der Waals surface area contributed by atoms with E-state index in [9.17, 15) is 4.79 Å². The molecule has 0 saturated carbocycles. The highest BCUT2D eigenvalue weighted by Gasteiger charge is 2.27. The number of nitrogens with one attached hydrogen (secondary N) is 1. The van der Waals surface area contributed by atoms with E-state index < -0.39 is 0 Å². The molecule has 2 aromatic heterocycles. The summed E-state index contributed by atoms with van der Waals surface area (Å²) in [5, 5.41) is 4.38. The molecule has 3 aromatic rings. The van der Waals surface area contributed by atoms with Gasteiger partial charge in [-0.1, -0.05) is 6.07 Å². The molecule has 0 bridgehead atoms. The molecule has 0 spiro atoms. The standard InChI is InChI=1S/C24H28N4O.ClH/c1-15-8-10-19(13-16(15)2)27-22-20-11-9-17(3)26-23(20)25-14-21(22)24(29)28-12-6-5-7-18(28)4;/h8-11,13-14,18H,5-7,12H2,1-4H3,(H,25,26,27);1H. The Morgan fingerprint density at radius 3 is 2.63 bits per heavy atom. The van der Waals surface area contributed by atoms with Gasteiger partial charge in [0.25, 0.3) is 5.91 Å². The van der Waals surface area contributed by atoms with Crippen LogP contribution in [-0.4, -0.2) is 33.4 Å². The van der Waals surface area contributed by atoms with Crippen molar-refractivity contribution in [3.8, 4) is 0 Å². The number of anilines is 2. The van der Waals surface area contributed by atoms with Crippen molar-refractivity contribution in [3.63, 3.8) is 0 Å². The van der Waals surface area contributed by atoms with Crippen molar-refractivity contribution in [1.29, 1.82) is 0 Å². The predicted octanol–water partition coefficient (Wildman–Crippen LogP) is 5.74. The van der Waals surface area contributed by atoms with Crippen LogP contribution in [0.4, 0.5) is 11.4 Å². The van der Waals surface area contributed by atoms with Gasteiger partial charge in [0.2, 0.25) is 0 Å². The summed E-state index contributed by atoms with van der Waals surface area (Å²) in [6.45, 7) is 9.07. The summed E-state index contributed by atoms with van der Waals surface area (Å²) in [6, 6.07) is 10.5. The molecule has 1 fully saturated rings. The highest BCUT2D eigenvalue weighted by Crippen LogP contribution is 2.31. The minimum Gasteiger partial charge on any atom is -0.354 e. The van der Waals surface area contributed by atoms with Gasteiger partial charge in [0.15, 0.2) is 5.65 Å². The zero-order valence-corrected chi connectivity index (χ0v) is 18.8. The Balaban J connectivity index is 0.00000256. The fraction of sp³-hybridized carbons (Fsp3) is 0.375. The Kier molecular flexibility index (Phi) is 6.61. The smallest absolute Gasteiger partial charge is 0.257 e. The first kappa shape index (κ1) is 22.0. The van der Waals surface area contributed by atoms with Crippen molar-refractivity contribution in [3.05, 3.63) is 58.9 Å². The van der Waals surface area contributed by atoms with E-state index in [0.717, 1.165) is 41.8 Å². The lowest BCUT2D eigenvalue weighted by molar-refractivity contribution is 0.0636. The maximum Gasteiger partial charge on any atom is 0.257 e. The molecule has 1 N–H and O–H groups in total. The number of carbonyl (C=O) groups is 1. The van der Waals surface area contributed by atoms with E-state index in [2.05, 4.69) is 48.2 Å². The number of benzene rings is 1. The number of piperidine rings is 1. The third-order valence-electron chi connectivity index (χ3n) is 5.94. The highest BCUT2D eigenvalue weighted by atomic mass is 35.5. The van der Waals surface area contributed by atoms with Crippen molar-refractivity contribution in [1.82, 2.24) is 14.9 Å². The Labute approximate surface area is 184 Å². The van der Waals surface area contributed by atoms with Crippen LogP contribution < -0.4 is 5.32 Å². The third kappa shape index (κ3) is 4.26. The minimum absolute atomic E-state index is 0. The normalized spacial score (nSPS) is 16.3. The van der Waals surface area contributed by atoms with Crippen LogP contribution in [0, 0.1) is 20.8 Å². The SMILES string of the molecule is Cc1ccc2c(Nc3ccc(C)c(C)c3)c(C(=O)N3CCCCC3C)cnc2n1.Cl. The lowest BCUT2D eigenvalue weighted by Crippen LogP contribution is -2.42. The summed E-state index contributed by atoms with van der Waals surface area (Å²) < 4.78 is 0. The second kappa shape index (κ2) is 9.00. The number of amides is 1. The average Bonchev–Trinajstić information content (AvgIpc) is 2.70. The van der Waals surface area contributed by atoms with Crippen LogP contribution in [0.25, 0.3) is 11.0 Å². The molecule has 4 rings (SSSR count). The fourth-order valence-corrected chi connectivity index (χ4v) is 3.99. The number of rotatable bonds is 3. The van der Waals surface area contributed by atoms with Gasteiger partial charge >= 0.3 is 0 Å². The van der Waals surface area contributed by atoms with Crippen LogP contribution in [0.3, 0.4) is 0 Å². The van der Waals surface area contributed by atoms with Crippen molar-refractivity contribution < 1.29 is 4.79 Å². The van der Waals surface area contributed by atoms with E-state index in [1.807, 2.05) is 30.0 Å². The molecular weight excluding hydrogens is 396 g/mol. The van der Waals surface area contributed by atoms with Gasteiger partial charge in [-0.3, -0.25) is 4.79 Å². The largest absolute Gasteiger partial charge is 0.354 e. The van der Waals surface area contributed by atoms with E-state index in [1.165, 1.54) is 17.5 Å². The molecule has 1 saturated heterocycles. The molecule has 1 amide bonds. The summed E-state index contributed by atoms with van der Waals surface area (Å²) in [4.78, 5) is 24.5. The van der Waals surface area contributed by atoms with Gasteiger partial charge in [0.05, 0.1) is 11.3 Å². The Morgan fingerprint density at radius 1 is 1.10 bits per heavy atom. The van der Waals surface area contributed by atoms with E-state index >= 15 is 0 Å². The molecule has 0 aliphatic carbocycles. The molecule has 1 aromatic carbocycles. The average molecular weight is 425 g/mol. The number of pyridine rings is 2. The number of halogens is 1. The number of aryl methyl sites for hydroxylation is 3. The van der Waals surface area contributed by atoms with Crippen molar-refractivity contribution in [2.24, 2.45) is 0 Å². The van der Waals surface area contributed by atoms with Gasteiger partial charge in [-0.2, -0.15) is 0 Å². The number of hydrogen-bond donors (Lipinski definition) is 1. The zero-order chi connectivity index (χ0) is 20.5. The monoisotopic (exact) mass is 424 g/mol. The first-order valence-electron chi connectivity index (χ1n) is 10.4. The Morgan fingerprint density at radius 2 is 1.90 bits per heavy atom. The number of fused-ring (bicyclic) bond motifs is 1. The first-order valence-corrected chi connectivity index (χ1v) is 10.4. The number of likely N-dealkylation sites (tertiary alicyclic amines) is 1. The third-order valence-corrected chi connectivity index (χ3v) is 5.94. The summed E-state index contributed by atoms with van der Waals surface area (Å²) in [7, 11) is 0. The number of carbonyl (C=O) groups excluding carboxylic acids is 1. The molecular formula is C24H29ClN4O. The number of nitrogens with zero attached hydrogens (tertiary/aromatic N) is 3. The molecule has 1 aliphatic rings. The highest BCUT2D eigenvalue weighted by molar-refractivity contribution is 6.07. The van der Waals surface area contributed by atoms with Crippen LogP contribution in [0.5, 0.6) is 0 Å². The molecule has 3 heterocycles. The summed E-state index contributed by atoms with van der Waals surface area (Å²) in [5.74, 6) is 0.0403. The predicted molar refractivity (Wildman–Crippen MR) is 125 cm³/mol. The lowest BCUT2D eigenvalue weighted by atomic mass is 10.0. The molecule has 30 heavy (non-hydrogen) atoms. The maximum absolute atomic E-state index is 13.5. The van der Waals surface area contributed by atoms with Crippen LogP contribution in [0.15, 0.2) is 36.5 Å². The molecule has 5 nitrogen and oxygen atoms in total. The van der Waals surface area contributed by atoms with E-state index in [0.29, 0.717) is 11.2 Å². The van der Waals surface area contributed by atoms with Crippen LogP contribution in [0.2, 0.25) is 0 Å². The molecule has 1 unspecified atom stereocenters. The summed E-state index contributed by atoms with van der Waals surface area (Å²) >= 11 is 0. The van der Waals surface area contributed by atoms with Gasteiger partial charge in [-0.25, -0.2) is 9.97 Å². The summed E-state index contributed by atoms with van der Waals surface area (Å²) in [5.41, 5.74) is 6.36. The molecule has 158 valence electrons. The van der Waals surface area contributed by atoms with Gasteiger partial charge in [0.1, 0.15) is 0 Å². The second-order valence-corrected chi connectivity index (χ2v) is 8.14. The van der Waals surface area contributed by atoms with E-state index in [4.69, 9.17) is 0 Å². The van der Waals surface area contributed by atoms with Crippen molar-refractivity contribution in [2.75, 3.05) is 11.9 Å². The maximum atomic E-state index is 13.5. The van der Waals surface area contributed by atoms with Crippen molar-refractivity contribution in [2.45, 2.75) is 53.0 Å².